The molecule has 108 valence electrons. The van der Waals surface area contributed by atoms with Crippen molar-refractivity contribution < 1.29 is 19.5 Å². The van der Waals surface area contributed by atoms with Gasteiger partial charge in [-0.25, -0.2) is 9.59 Å². The number of likely N-dealkylation sites (N-methyl/N-ethyl adjacent to an activating group) is 1. The van der Waals surface area contributed by atoms with E-state index >= 15 is 0 Å². The molecule has 0 fully saturated rings. The molecule has 0 unspecified atom stereocenters. The van der Waals surface area contributed by atoms with E-state index < -0.39 is 12.0 Å². The molecular weight excluding hydrogens is 330 g/mol. The monoisotopic (exact) mass is 343 g/mol. The first kappa shape index (κ1) is 16.0. The number of rotatable bonds is 4. The standard InChI is InChI=1S/C12H14BrN3O4/c1-16(2)10(17)6-14-12(20)15-9-4-7(11(18)19)3-8(13)5-9/h3-5H,6H2,1-2H3,(H,18,19)(H2,14,15,20). The number of benzene rings is 1. The zero-order valence-corrected chi connectivity index (χ0v) is 12.5. The second-order valence-electron chi connectivity index (χ2n) is 4.13. The lowest BCUT2D eigenvalue weighted by molar-refractivity contribution is -0.127. The molecule has 0 aliphatic rings. The molecule has 0 aliphatic heterocycles. The third kappa shape index (κ3) is 4.88. The van der Waals surface area contributed by atoms with Crippen LogP contribution in [0.1, 0.15) is 10.4 Å². The molecule has 0 saturated heterocycles. The molecule has 0 spiro atoms. The highest BCUT2D eigenvalue weighted by atomic mass is 79.9. The second-order valence-corrected chi connectivity index (χ2v) is 5.05. The topological polar surface area (TPSA) is 98.7 Å². The number of carboxylic acids is 1. The summed E-state index contributed by atoms with van der Waals surface area (Å²) in [6, 6.07) is 3.70. The summed E-state index contributed by atoms with van der Waals surface area (Å²) < 4.78 is 0.525. The van der Waals surface area contributed by atoms with Crippen LogP contribution in [0, 0.1) is 0 Å². The van der Waals surface area contributed by atoms with Gasteiger partial charge in [0.05, 0.1) is 12.1 Å². The number of carbonyl (C=O) groups is 3. The molecule has 0 heterocycles. The molecular formula is C12H14BrN3O4. The third-order valence-electron chi connectivity index (χ3n) is 2.30. The number of urea groups is 1. The molecule has 3 amide bonds. The third-order valence-corrected chi connectivity index (χ3v) is 2.76. The summed E-state index contributed by atoms with van der Waals surface area (Å²) in [5.41, 5.74) is 0.352. The van der Waals surface area contributed by atoms with Crippen LogP contribution in [-0.4, -0.2) is 48.6 Å². The number of hydrogen-bond acceptors (Lipinski definition) is 3. The van der Waals surface area contributed by atoms with Crippen LogP contribution < -0.4 is 10.6 Å². The Morgan fingerprint density at radius 1 is 1.25 bits per heavy atom. The van der Waals surface area contributed by atoms with Gasteiger partial charge in [0.1, 0.15) is 0 Å². The predicted molar refractivity (Wildman–Crippen MR) is 76.8 cm³/mol. The summed E-state index contributed by atoms with van der Waals surface area (Å²) in [7, 11) is 3.16. The average Bonchev–Trinajstić information content (AvgIpc) is 2.34. The minimum atomic E-state index is -1.10. The van der Waals surface area contributed by atoms with Crippen LogP contribution in [0.25, 0.3) is 0 Å². The molecule has 20 heavy (non-hydrogen) atoms. The average molecular weight is 344 g/mol. The van der Waals surface area contributed by atoms with Gasteiger partial charge in [0.25, 0.3) is 0 Å². The Kier molecular flexibility index (Phi) is 5.51. The number of carboxylic acid groups (broad SMARTS) is 1. The van der Waals surface area contributed by atoms with E-state index in [1.54, 1.807) is 20.2 Å². The van der Waals surface area contributed by atoms with Gasteiger partial charge in [0.15, 0.2) is 0 Å². The van der Waals surface area contributed by atoms with E-state index in [0.717, 1.165) is 0 Å². The van der Waals surface area contributed by atoms with Gasteiger partial charge >= 0.3 is 12.0 Å². The minimum absolute atomic E-state index is 0.0408. The molecule has 0 saturated carbocycles. The molecule has 8 heteroatoms. The van der Waals surface area contributed by atoms with Gasteiger partial charge in [-0.1, -0.05) is 15.9 Å². The van der Waals surface area contributed by atoms with Crippen molar-refractivity contribution >= 4 is 39.5 Å². The first-order valence-corrected chi connectivity index (χ1v) is 6.38. The smallest absolute Gasteiger partial charge is 0.335 e. The molecule has 0 bridgehead atoms. The Bertz CT molecular complexity index is 546. The van der Waals surface area contributed by atoms with Gasteiger partial charge in [-0.05, 0) is 18.2 Å². The van der Waals surface area contributed by atoms with E-state index in [2.05, 4.69) is 26.6 Å². The Labute approximate surface area is 124 Å². The molecule has 0 aliphatic carbocycles. The summed E-state index contributed by atoms with van der Waals surface area (Å²) in [5.74, 6) is -1.35. The van der Waals surface area contributed by atoms with Crippen LogP contribution in [0.2, 0.25) is 0 Å². The van der Waals surface area contributed by atoms with Crippen LogP contribution in [0.5, 0.6) is 0 Å². The molecule has 3 N–H and O–H groups in total. The highest BCUT2D eigenvalue weighted by molar-refractivity contribution is 9.10. The van der Waals surface area contributed by atoms with E-state index in [1.807, 2.05) is 0 Å². The van der Waals surface area contributed by atoms with E-state index in [0.29, 0.717) is 10.2 Å². The van der Waals surface area contributed by atoms with Gasteiger partial charge < -0.3 is 20.6 Å². The molecule has 1 aromatic rings. The van der Waals surface area contributed by atoms with Crippen molar-refractivity contribution in [1.82, 2.24) is 10.2 Å². The molecule has 0 radical (unpaired) electrons. The van der Waals surface area contributed by atoms with Crippen molar-refractivity contribution in [2.45, 2.75) is 0 Å². The zero-order chi connectivity index (χ0) is 15.3. The highest BCUT2D eigenvalue weighted by Gasteiger charge is 2.10. The number of hydrogen-bond donors (Lipinski definition) is 3. The SMILES string of the molecule is CN(C)C(=O)CNC(=O)Nc1cc(Br)cc(C(=O)O)c1. The van der Waals surface area contributed by atoms with Gasteiger partial charge in [-0.15, -0.1) is 0 Å². The number of nitrogens with one attached hydrogen (secondary N) is 2. The predicted octanol–water partition coefficient (Wildman–Crippen LogP) is 1.36. The maximum atomic E-state index is 11.6. The number of aromatic carboxylic acids is 1. The van der Waals surface area contributed by atoms with Crippen LogP contribution in [0.3, 0.4) is 0 Å². The lowest BCUT2D eigenvalue weighted by Crippen LogP contribution is -2.38. The minimum Gasteiger partial charge on any atom is -0.478 e. The van der Waals surface area contributed by atoms with E-state index in [9.17, 15) is 14.4 Å². The second kappa shape index (κ2) is 6.90. The van der Waals surface area contributed by atoms with Crippen molar-refractivity contribution in [3.63, 3.8) is 0 Å². The fourth-order valence-electron chi connectivity index (χ4n) is 1.27. The normalized spacial score (nSPS) is 9.75. The van der Waals surface area contributed by atoms with Crippen LogP contribution in [-0.2, 0) is 4.79 Å². The van der Waals surface area contributed by atoms with Crippen LogP contribution >= 0.6 is 15.9 Å². The van der Waals surface area contributed by atoms with Gasteiger partial charge in [-0.2, -0.15) is 0 Å². The van der Waals surface area contributed by atoms with E-state index in [-0.39, 0.29) is 18.0 Å². The zero-order valence-electron chi connectivity index (χ0n) is 10.9. The van der Waals surface area contributed by atoms with Gasteiger partial charge in [-0.3, -0.25) is 4.79 Å². The summed E-state index contributed by atoms with van der Waals surface area (Å²) in [6.45, 7) is -0.140. The van der Waals surface area contributed by atoms with Crippen molar-refractivity contribution in [3.05, 3.63) is 28.2 Å². The summed E-state index contributed by atoms with van der Waals surface area (Å²) in [4.78, 5) is 35.1. The van der Waals surface area contributed by atoms with Gasteiger partial charge in [0, 0.05) is 24.3 Å². The first-order chi connectivity index (χ1) is 9.29. The molecule has 1 aromatic carbocycles. The van der Waals surface area contributed by atoms with Crippen molar-refractivity contribution in [1.29, 1.82) is 0 Å². The van der Waals surface area contributed by atoms with Crippen LogP contribution in [0.15, 0.2) is 22.7 Å². The lowest BCUT2D eigenvalue weighted by Gasteiger charge is -2.12. The summed E-state index contributed by atoms with van der Waals surface area (Å²) >= 11 is 3.16. The van der Waals surface area contributed by atoms with Crippen molar-refractivity contribution in [2.24, 2.45) is 0 Å². The number of halogens is 1. The lowest BCUT2D eigenvalue weighted by atomic mass is 10.2. The Morgan fingerprint density at radius 2 is 1.90 bits per heavy atom. The number of amides is 3. The maximum absolute atomic E-state index is 11.6. The largest absolute Gasteiger partial charge is 0.478 e. The van der Waals surface area contributed by atoms with Crippen molar-refractivity contribution in [3.8, 4) is 0 Å². The fraction of sp³-hybridized carbons (Fsp3) is 0.250. The molecule has 1 rings (SSSR count). The Morgan fingerprint density at radius 3 is 2.45 bits per heavy atom. The van der Waals surface area contributed by atoms with Gasteiger partial charge in [0.2, 0.25) is 5.91 Å². The summed E-state index contributed by atoms with van der Waals surface area (Å²) in [5, 5.41) is 13.7. The number of anilines is 1. The van der Waals surface area contributed by atoms with Crippen molar-refractivity contribution in [2.75, 3.05) is 26.0 Å². The number of nitrogens with zero attached hydrogens (tertiary/aromatic N) is 1. The highest BCUT2D eigenvalue weighted by Crippen LogP contribution is 2.19. The summed E-state index contributed by atoms with van der Waals surface area (Å²) in [6.07, 6.45) is 0. The van der Waals surface area contributed by atoms with E-state index in [4.69, 9.17) is 5.11 Å². The van der Waals surface area contributed by atoms with E-state index in [1.165, 1.54) is 17.0 Å². The Hall–Kier alpha value is -2.09. The maximum Gasteiger partial charge on any atom is 0.335 e. The number of carbonyl (C=O) groups excluding carboxylic acids is 2. The molecule has 0 aromatic heterocycles. The molecule has 0 atom stereocenters. The fourth-order valence-corrected chi connectivity index (χ4v) is 1.77. The molecule has 7 nitrogen and oxygen atoms in total. The quantitative estimate of drug-likeness (QED) is 0.768. The first-order valence-electron chi connectivity index (χ1n) is 5.58. The van der Waals surface area contributed by atoms with Crippen LogP contribution in [0.4, 0.5) is 10.5 Å². The Balaban J connectivity index is 2.66.